The van der Waals surface area contributed by atoms with Crippen LogP contribution in [0.5, 0.6) is 0 Å². The fourth-order valence-corrected chi connectivity index (χ4v) is 7.17. The van der Waals surface area contributed by atoms with Crippen molar-refractivity contribution in [2.24, 2.45) is 5.41 Å². The van der Waals surface area contributed by atoms with Gasteiger partial charge in [-0.3, -0.25) is 4.79 Å². The van der Waals surface area contributed by atoms with Crippen LogP contribution < -0.4 is 0 Å². The smallest absolute Gasteiger partial charge is 0.410 e. The largest absolute Gasteiger partial charge is 0.444 e. The van der Waals surface area contributed by atoms with E-state index in [0.29, 0.717) is 44.5 Å². The molecule has 9 heteroatoms. The van der Waals surface area contributed by atoms with E-state index in [1.807, 2.05) is 50.8 Å². The summed E-state index contributed by atoms with van der Waals surface area (Å²) >= 11 is 0. The zero-order valence-corrected chi connectivity index (χ0v) is 24.0. The SMILES string of the molecule is Cc1ccc(S(=O)(=O)n2cc(CN3CCCC4(CCN(C(=O)OC(C)(C)C)CC4)C3=O)c3ccccc32)cc1. The second-order valence-electron chi connectivity index (χ2n) is 11.9. The first kappa shape index (κ1) is 27.2. The number of aromatic nitrogens is 1. The topological polar surface area (TPSA) is 88.9 Å². The highest BCUT2D eigenvalue weighted by atomic mass is 32.2. The van der Waals surface area contributed by atoms with Crippen molar-refractivity contribution < 1.29 is 22.7 Å². The number of carbonyl (C=O) groups excluding carboxylic acids is 2. The molecular formula is C30H37N3O5S. The predicted molar refractivity (Wildman–Crippen MR) is 150 cm³/mol. The highest BCUT2D eigenvalue weighted by molar-refractivity contribution is 7.90. The molecule has 2 saturated heterocycles. The highest BCUT2D eigenvalue weighted by Gasteiger charge is 2.46. The number of benzene rings is 2. The average Bonchev–Trinajstić information content (AvgIpc) is 3.26. The Kier molecular flexibility index (Phi) is 6.99. The average molecular weight is 552 g/mol. The minimum absolute atomic E-state index is 0.0933. The van der Waals surface area contributed by atoms with E-state index in [1.165, 1.54) is 3.97 Å². The maximum atomic E-state index is 13.9. The van der Waals surface area contributed by atoms with Crippen molar-refractivity contribution in [1.29, 1.82) is 0 Å². The minimum Gasteiger partial charge on any atom is -0.444 e. The fourth-order valence-electron chi connectivity index (χ4n) is 5.78. The van der Waals surface area contributed by atoms with Crippen LogP contribution in [0.3, 0.4) is 0 Å². The van der Waals surface area contributed by atoms with Crippen LogP contribution in [-0.4, -0.2) is 59.4 Å². The van der Waals surface area contributed by atoms with E-state index in [9.17, 15) is 18.0 Å². The second-order valence-corrected chi connectivity index (χ2v) is 13.7. The summed E-state index contributed by atoms with van der Waals surface area (Å²) in [5.41, 5.74) is 1.33. The molecule has 1 spiro atoms. The molecule has 2 aliphatic rings. The number of likely N-dealkylation sites (tertiary alicyclic amines) is 2. The maximum absolute atomic E-state index is 13.9. The van der Waals surface area contributed by atoms with Gasteiger partial charge >= 0.3 is 6.09 Å². The van der Waals surface area contributed by atoms with Crippen LogP contribution in [-0.2, 0) is 26.1 Å². The van der Waals surface area contributed by atoms with Crippen molar-refractivity contribution in [2.75, 3.05) is 19.6 Å². The van der Waals surface area contributed by atoms with Crippen LogP contribution in [0.4, 0.5) is 4.79 Å². The Hall–Kier alpha value is -3.33. The maximum Gasteiger partial charge on any atom is 0.410 e. The van der Waals surface area contributed by atoms with Gasteiger partial charge in [0.05, 0.1) is 15.8 Å². The predicted octanol–water partition coefficient (Wildman–Crippen LogP) is 5.33. The van der Waals surface area contributed by atoms with Gasteiger partial charge in [0.2, 0.25) is 5.91 Å². The second kappa shape index (κ2) is 10.0. The number of rotatable bonds is 4. The van der Waals surface area contributed by atoms with Crippen molar-refractivity contribution >= 4 is 32.9 Å². The lowest BCUT2D eigenvalue weighted by Gasteiger charge is -2.46. The molecule has 2 aromatic carbocycles. The van der Waals surface area contributed by atoms with Crippen LogP contribution in [0.2, 0.25) is 0 Å². The quantitative estimate of drug-likeness (QED) is 0.438. The van der Waals surface area contributed by atoms with E-state index in [0.717, 1.165) is 29.4 Å². The Balaban J connectivity index is 1.38. The number of ether oxygens (including phenoxy) is 1. The summed E-state index contributed by atoms with van der Waals surface area (Å²) in [7, 11) is -3.81. The molecular weight excluding hydrogens is 514 g/mol. The lowest BCUT2D eigenvalue weighted by Crippen LogP contribution is -2.54. The van der Waals surface area contributed by atoms with Gasteiger partial charge in [-0.25, -0.2) is 17.2 Å². The van der Waals surface area contributed by atoms with Crippen molar-refractivity contribution in [2.45, 2.75) is 70.4 Å². The number of para-hydroxylation sites is 1. The Bertz CT molecular complexity index is 1490. The summed E-state index contributed by atoms with van der Waals surface area (Å²) in [6.07, 6.45) is 4.21. The van der Waals surface area contributed by atoms with E-state index in [-0.39, 0.29) is 16.9 Å². The molecule has 0 bridgehead atoms. The number of hydrogen-bond donors (Lipinski definition) is 0. The molecule has 208 valence electrons. The van der Waals surface area contributed by atoms with Crippen molar-refractivity contribution in [1.82, 2.24) is 13.8 Å². The van der Waals surface area contributed by atoms with Gasteiger partial charge in [-0.05, 0) is 77.1 Å². The zero-order chi connectivity index (χ0) is 28.0. The van der Waals surface area contributed by atoms with Crippen molar-refractivity contribution in [3.05, 3.63) is 65.9 Å². The van der Waals surface area contributed by atoms with Gasteiger partial charge in [0.25, 0.3) is 10.0 Å². The first-order chi connectivity index (χ1) is 18.4. The molecule has 3 heterocycles. The lowest BCUT2D eigenvalue weighted by molar-refractivity contribution is -0.150. The van der Waals surface area contributed by atoms with Gasteiger partial charge in [0.15, 0.2) is 0 Å². The van der Waals surface area contributed by atoms with Gasteiger partial charge in [0.1, 0.15) is 5.60 Å². The summed E-state index contributed by atoms with van der Waals surface area (Å²) in [6.45, 7) is 9.41. The van der Waals surface area contributed by atoms with Gasteiger partial charge in [0, 0.05) is 37.8 Å². The standard InChI is InChI=1S/C30H37N3O5S/c1-22-10-12-24(13-11-22)39(36,37)33-21-23(25-8-5-6-9-26(25)33)20-32-17-7-14-30(27(32)34)15-18-31(19-16-30)28(35)38-29(2,3)4/h5-6,8-13,21H,7,14-20H2,1-4H3. The minimum atomic E-state index is -3.81. The summed E-state index contributed by atoms with van der Waals surface area (Å²) in [4.78, 5) is 30.2. The van der Waals surface area contributed by atoms with Gasteiger partial charge in [-0.15, -0.1) is 0 Å². The normalized spacial score (nSPS) is 18.1. The molecule has 2 amide bonds. The Morgan fingerprint density at radius 2 is 1.64 bits per heavy atom. The Morgan fingerprint density at radius 3 is 2.31 bits per heavy atom. The Labute approximate surface area is 230 Å². The molecule has 0 saturated carbocycles. The number of carbonyl (C=O) groups is 2. The summed E-state index contributed by atoms with van der Waals surface area (Å²) < 4.78 is 34.0. The van der Waals surface area contributed by atoms with E-state index < -0.39 is 21.0 Å². The van der Waals surface area contributed by atoms with E-state index in [2.05, 4.69) is 0 Å². The number of fused-ring (bicyclic) bond motifs is 1. The van der Waals surface area contributed by atoms with E-state index in [1.54, 1.807) is 41.4 Å². The lowest BCUT2D eigenvalue weighted by atomic mass is 9.71. The van der Waals surface area contributed by atoms with Gasteiger partial charge in [-0.2, -0.15) is 0 Å². The van der Waals surface area contributed by atoms with Crippen LogP contribution in [0.15, 0.2) is 59.6 Å². The zero-order valence-electron chi connectivity index (χ0n) is 23.1. The van der Waals surface area contributed by atoms with Crippen LogP contribution in [0.1, 0.15) is 57.6 Å². The number of nitrogens with zero attached hydrogens (tertiary/aromatic N) is 3. The number of amides is 2. The molecule has 5 rings (SSSR count). The van der Waals surface area contributed by atoms with Gasteiger partial charge < -0.3 is 14.5 Å². The molecule has 0 atom stereocenters. The summed E-state index contributed by atoms with van der Waals surface area (Å²) in [5, 5.41) is 0.820. The summed E-state index contributed by atoms with van der Waals surface area (Å²) in [6, 6.07) is 14.3. The molecule has 0 unspecified atom stereocenters. The molecule has 0 N–H and O–H groups in total. The third-order valence-electron chi connectivity index (χ3n) is 7.90. The Morgan fingerprint density at radius 1 is 0.974 bits per heavy atom. The first-order valence-electron chi connectivity index (χ1n) is 13.6. The van der Waals surface area contributed by atoms with Crippen LogP contribution in [0.25, 0.3) is 10.9 Å². The molecule has 0 radical (unpaired) electrons. The molecule has 2 fully saturated rings. The third kappa shape index (κ3) is 5.29. The fraction of sp³-hybridized carbons (Fsp3) is 0.467. The van der Waals surface area contributed by atoms with Crippen LogP contribution >= 0.6 is 0 Å². The molecule has 8 nitrogen and oxygen atoms in total. The first-order valence-corrected chi connectivity index (χ1v) is 15.0. The van der Waals surface area contributed by atoms with E-state index >= 15 is 0 Å². The molecule has 0 aliphatic carbocycles. The molecule has 1 aromatic heterocycles. The van der Waals surface area contributed by atoms with Gasteiger partial charge in [-0.1, -0.05) is 35.9 Å². The third-order valence-corrected chi connectivity index (χ3v) is 9.58. The molecule has 39 heavy (non-hydrogen) atoms. The van der Waals surface area contributed by atoms with E-state index in [4.69, 9.17) is 4.74 Å². The van der Waals surface area contributed by atoms with Crippen molar-refractivity contribution in [3.63, 3.8) is 0 Å². The molecule has 3 aromatic rings. The van der Waals surface area contributed by atoms with Crippen LogP contribution in [0, 0.1) is 12.3 Å². The molecule has 2 aliphatic heterocycles. The number of hydrogen-bond acceptors (Lipinski definition) is 5. The number of piperidine rings is 2. The van der Waals surface area contributed by atoms with Crippen molar-refractivity contribution in [3.8, 4) is 0 Å². The highest BCUT2D eigenvalue weighted by Crippen LogP contribution is 2.42. The monoisotopic (exact) mass is 551 g/mol. The number of aryl methyl sites for hydroxylation is 1. The summed E-state index contributed by atoms with van der Waals surface area (Å²) in [5.74, 6) is 0.0933.